The van der Waals surface area contributed by atoms with Crippen molar-refractivity contribution in [3.8, 4) is 17.1 Å². The Kier molecular flexibility index (Phi) is 6.28. The van der Waals surface area contributed by atoms with Crippen LogP contribution in [0, 0.1) is 0 Å². The maximum Gasteiger partial charge on any atom is 0.162 e. The molecular weight excluding hydrogens is 423 g/mol. The first kappa shape index (κ1) is 20.3. The van der Waals surface area contributed by atoms with E-state index in [1.54, 1.807) is 30.6 Å². The Morgan fingerprint density at radius 3 is 2.60 bits per heavy atom. The molecule has 30 heavy (non-hydrogen) atoms. The molecule has 0 radical (unpaired) electrons. The summed E-state index contributed by atoms with van der Waals surface area (Å²) < 4.78 is 5.60. The van der Waals surface area contributed by atoms with E-state index < -0.39 is 6.10 Å². The normalized spacial score (nSPS) is 12.0. The molecule has 6 nitrogen and oxygen atoms in total. The molecule has 2 heterocycles. The minimum Gasteiger partial charge on any atom is -0.489 e. The number of para-hydroxylation sites is 1. The van der Waals surface area contributed by atoms with Gasteiger partial charge in [-0.15, -0.1) is 0 Å². The Morgan fingerprint density at radius 2 is 1.77 bits per heavy atom. The van der Waals surface area contributed by atoms with E-state index in [2.05, 4.69) is 20.3 Å². The van der Waals surface area contributed by atoms with Crippen LogP contribution in [0.25, 0.3) is 22.3 Å². The molecule has 0 aliphatic rings. The zero-order chi connectivity index (χ0) is 20.9. The number of nitrogens with zero attached hydrogens (tertiary/aromatic N) is 3. The zero-order valence-corrected chi connectivity index (χ0v) is 17.3. The topological polar surface area (TPSA) is 80.2 Å². The Morgan fingerprint density at radius 1 is 0.967 bits per heavy atom. The molecule has 152 valence electrons. The molecule has 2 aromatic carbocycles. The number of hydrogen-bond acceptors (Lipinski definition) is 6. The maximum absolute atomic E-state index is 10.4. The SMILES string of the molecule is O[C@@H](CNc1nc(-c2ccncc2)nc2ccccc12)COc1cccc(Cl)c1Cl. The Labute approximate surface area is 183 Å². The van der Waals surface area contributed by atoms with E-state index in [9.17, 15) is 5.11 Å². The van der Waals surface area contributed by atoms with Crippen LogP contribution in [0.1, 0.15) is 0 Å². The standard InChI is InChI=1S/C22H18Cl2N4O2/c23-17-5-3-7-19(20(17)24)30-13-15(29)12-26-22-16-4-1-2-6-18(16)27-21(28-22)14-8-10-25-11-9-14/h1-11,15,29H,12-13H2,(H,26,27,28)/t15-/m0/s1. The Hall–Kier alpha value is -2.93. The largest absolute Gasteiger partial charge is 0.489 e. The van der Waals surface area contributed by atoms with E-state index in [-0.39, 0.29) is 13.2 Å². The second kappa shape index (κ2) is 9.26. The van der Waals surface area contributed by atoms with E-state index in [0.29, 0.717) is 27.4 Å². The van der Waals surface area contributed by atoms with Gasteiger partial charge in [-0.2, -0.15) is 0 Å². The highest BCUT2D eigenvalue weighted by Gasteiger charge is 2.13. The predicted molar refractivity (Wildman–Crippen MR) is 119 cm³/mol. The smallest absolute Gasteiger partial charge is 0.162 e. The van der Waals surface area contributed by atoms with Crippen molar-refractivity contribution in [3.63, 3.8) is 0 Å². The van der Waals surface area contributed by atoms with Gasteiger partial charge in [0, 0.05) is 29.9 Å². The number of benzene rings is 2. The van der Waals surface area contributed by atoms with Gasteiger partial charge in [0.15, 0.2) is 5.82 Å². The van der Waals surface area contributed by atoms with Crippen LogP contribution in [0.5, 0.6) is 5.75 Å². The molecule has 2 N–H and O–H groups in total. The number of aliphatic hydroxyl groups is 1. The van der Waals surface area contributed by atoms with Crippen LogP contribution in [0.15, 0.2) is 67.0 Å². The monoisotopic (exact) mass is 440 g/mol. The fourth-order valence-corrected chi connectivity index (χ4v) is 3.24. The summed E-state index contributed by atoms with van der Waals surface area (Å²) in [4.78, 5) is 13.3. The maximum atomic E-state index is 10.4. The van der Waals surface area contributed by atoms with E-state index in [4.69, 9.17) is 27.9 Å². The molecule has 0 saturated carbocycles. The van der Waals surface area contributed by atoms with Gasteiger partial charge in [-0.3, -0.25) is 4.98 Å². The molecule has 0 fully saturated rings. The quantitative estimate of drug-likeness (QED) is 0.427. The van der Waals surface area contributed by atoms with Crippen molar-refractivity contribution in [2.24, 2.45) is 0 Å². The van der Waals surface area contributed by atoms with Gasteiger partial charge in [-0.05, 0) is 36.4 Å². The molecule has 1 atom stereocenters. The number of pyridine rings is 1. The van der Waals surface area contributed by atoms with E-state index in [0.717, 1.165) is 16.5 Å². The Bertz CT molecular complexity index is 1160. The van der Waals surface area contributed by atoms with Crippen LogP contribution in [0.4, 0.5) is 5.82 Å². The second-order valence-corrected chi connectivity index (χ2v) is 7.33. The number of hydrogen-bond donors (Lipinski definition) is 2. The minimum atomic E-state index is -0.793. The number of anilines is 1. The lowest BCUT2D eigenvalue weighted by molar-refractivity contribution is 0.117. The lowest BCUT2D eigenvalue weighted by Gasteiger charge is -2.16. The molecule has 4 aromatic rings. The first-order valence-electron chi connectivity index (χ1n) is 9.28. The molecule has 0 spiro atoms. The van der Waals surface area contributed by atoms with Gasteiger partial charge < -0.3 is 15.2 Å². The minimum absolute atomic E-state index is 0.0489. The fraction of sp³-hybridized carbons (Fsp3) is 0.136. The van der Waals surface area contributed by atoms with E-state index in [1.165, 1.54) is 0 Å². The van der Waals surface area contributed by atoms with Crippen molar-refractivity contribution in [2.45, 2.75) is 6.10 Å². The van der Waals surface area contributed by atoms with Gasteiger partial charge in [0.25, 0.3) is 0 Å². The van der Waals surface area contributed by atoms with Gasteiger partial charge in [0.2, 0.25) is 0 Å². The van der Waals surface area contributed by atoms with Gasteiger partial charge in [-0.25, -0.2) is 9.97 Å². The van der Waals surface area contributed by atoms with Crippen molar-refractivity contribution in [1.82, 2.24) is 15.0 Å². The summed E-state index contributed by atoms with van der Waals surface area (Å²) in [5, 5.41) is 15.2. The second-order valence-electron chi connectivity index (χ2n) is 6.55. The fourth-order valence-electron chi connectivity index (χ4n) is 2.90. The summed E-state index contributed by atoms with van der Waals surface area (Å²) in [5.74, 6) is 1.64. The van der Waals surface area contributed by atoms with Crippen molar-refractivity contribution in [1.29, 1.82) is 0 Å². The number of halogens is 2. The molecule has 0 amide bonds. The average molecular weight is 441 g/mol. The number of nitrogens with one attached hydrogen (secondary N) is 1. The molecule has 0 aliphatic carbocycles. The third-order valence-electron chi connectivity index (χ3n) is 4.39. The van der Waals surface area contributed by atoms with Crippen molar-refractivity contribution >= 4 is 39.9 Å². The van der Waals surface area contributed by atoms with E-state index in [1.807, 2.05) is 36.4 Å². The third kappa shape index (κ3) is 4.62. The van der Waals surface area contributed by atoms with Crippen LogP contribution in [0.3, 0.4) is 0 Å². The molecule has 2 aromatic heterocycles. The highest BCUT2D eigenvalue weighted by Crippen LogP contribution is 2.31. The van der Waals surface area contributed by atoms with Crippen molar-refractivity contribution in [3.05, 3.63) is 77.0 Å². The predicted octanol–water partition coefficient (Wildman–Crippen LogP) is 4.85. The van der Waals surface area contributed by atoms with Crippen LogP contribution >= 0.6 is 23.2 Å². The van der Waals surface area contributed by atoms with Crippen molar-refractivity contribution in [2.75, 3.05) is 18.5 Å². The lowest BCUT2D eigenvalue weighted by Crippen LogP contribution is -2.26. The molecule has 0 aliphatic heterocycles. The van der Waals surface area contributed by atoms with Gasteiger partial charge >= 0.3 is 0 Å². The number of rotatable bonds is 7. The first-order valence-corrected chi connectivity index (χ1v) is 10.0. The molecule has 0 saturated heterocycles. The van der Waals surface area contributed by atoms with Crippen LogP contribution in [0.2, 0.25) is 10.0 Å². The summed E-state index contributed by atoms with van der Waals surface area (Å²) in [7, 11) is 0. The van der Waals surface area contributed by atoms with Gasteiger partial charge in [-0.1, -0.05) is 41.4 Å². The molecule has 0 bridgehead atoms. The number of aliphatic hydroxyl groups excluding tert-OH is 1. The number of aromatic nitrogens is 3. The van der Waals surface area contributed by atoms with Gasteiger partial charge in [0.1, 0.15) is 29.3 Å². The first-order chi connectivity index (χ1) is 14.6. The number of fused-ring (bicyclic) bond motifs is 1. The summed E-state index contributed by atoms with van der Waals surface area (Å²) in [6.45, 7) is 0.280. The highest BCUT2D eigenvalue weighted by molar-refractivity contribution is 6.42. The lowest BCUT2D eigenvalue weighted by atomic mass is 10.2. The van der Waals surface area contributed by atoms with Crippen LogP contribution in [-0.4, -0.2) is 39.3 Å². The number of ether oxygens (including phenoxy) is 1. The van der Waals surface area contributed by atoms with Gasteiger partial charge in [0.05, 0.1) is 10.5 Å². The third-order valence-corrected chi connectivity index (χ3v) is 5.20. The summed E-state index contributed by atoms with van der Waals surface area (Å²) >= 11 is 12.1. The summed E-state index contributed by atoms with van der Waals surface area (Å²) in [5.41, 5.74) is 1.66. The highest BCUT2D eigenvalue weighted by atomic mass is 35.5. The zero-order valence-electron chi connectivity index (χ0n) is 15.8. The molecule has 0 unspecified atom stereocenters. The molecular formula is C22H18Cl2N4O2. The summed E-state index contributed by atoms with van der Waals surface area (Å²) in [6, 6.07) is 16.5. The average Bonchev–Trinajstić information content (AvgIpc) is 2.79. The van der Waals surface area contributed by atoms with Crippen LogP contribution in [-0.2, 0) is 0 Å². The molecule has 4 rings (SSSR count). The summed E-state index contributed by atoms with van der Waals surface area (Å²) in [6.07, 6.45) is 2.60. The Balaban J connectivity index is 1.49. The van der Waals surface area contributed by atoms with E-state index >= 15 is 0 Å². The molecule has 8 heteroatoms. The van der Waals surface area contributed by atoms with Crippen molar-refractivity contribution < 1.29 is 9.84 Å². The van der Waals surface area contributed by atoms with Crippen LogP contribution < -0.4 is 10.1 Å².